The number of aliphatic hydroxyl groups excluding tert-OH is 1. The monoisotopic (exact) mass is 485 g/mol. The van der Waals surface area contributed by atoms with Crippen molar-refractivity contribution < 1.29 is 28.9 Å². The average Bonchev–Trinajstić information content (AvgIpc) is 3.23. The highest BCUT2D eigenvalue weighted by Gasteiger charge is 2.30. The van der Waals surface area contributed by atoms with E-state index in [0.717, 1.165) is 10.1 Å². The summed E-state index contributed by atoms with van der Waals surface area (Å²) < 4.78 is 17.7. The number of methoxy groups -OCH3 is 1. The van der Waals surface area contributed by atoms with Gasteiger partial charge in [-0.2, -0.15) is 0 Å². The van der Waals surface area contributed by atoms with Crippen LogP contribution in [0, 0.1) is 5.92 Å². The molecule has 1 heterocycles. The Bertz CT molecular complexity index is 1130. The van der Waals surface area contributed by atoms with Gasteiger partial charge in [0, 0.05) is 23.2 Å². The minimum absolute atomic E-state index is 0.0254. The Morgan fingerprint density at radius 3 is 2.35 bits per heavy atom. The molecule has 0 saturated heterocycles. The number of rotatable bonds is 11. The van der Waals surface area contributed by atoms with Crippen molar-refractivity contribution in [3.8, 4) is 11.5 Å². The SMILES string of the molecule is COc1cc2sc(C(=O)CC(C(=O)OC(CO)c3ccccc3)C(C)N)cc2cc1OC(C)C. The first kappa shape index (κ1) is 25.7. The number of hydrogen-bond donors (Lipinski definition) is 2. The molecule has 0 fully saturated rings. The summed E-state index contributed by atoms with van der Waals surface area (Å²) in [6.45, 7) is 5.16. The van der Waals surface area contributed by atoms with Crippen LogP contribution in [0.2, 0.25) is 0 Å². The normalized spacial score (nSPS) is 14.0. The number of aliphatic hydroxyl groups is 1. The smallest absolute Gasteiger partial charge is 0.311 e. The van der Waals surface area contributed by atoms with Crippen molar-refractivity contribution >= 4 is 33.2 Å². The minimum atomic E-state index is -0.843. The number of thiophene rings is 1. The number of fused-ring (bicyclic) bond motifs is 1. The molecule has 0 spiro atoms. The van der Waals surface area contributed by atoms with Crippen molar-refractivity contribution in [2.45, 2.75) is 45.4 Å². The highest BCUT2D eigenvalue weighted by atomic mass is 32.1. The maximum Gasteiger partial charge on any atom is 0.311 e. The third kappa shape index (κ3) is 6.14. The summed E-state index contributed by atoms with van der Waals surface area (Å²) >= 11 is 1.33. The quantitative estimate of drug-likeness (QED) is 0.304. The van der Waals surface area contributed by atoms with Crippen LogP contribution >= 0.6 is 11.3 Å². The molecule has 182 valence electrons. The topological polar surface area (TPSA) is 108 Å². The van der Waals surface area contributed by atoms with E-state index in [9.17, 15) is 14.7 Å². The van der Waals surface area contributed by atoms with Crippen LogP contribution in [0.25, 0.3) is 10.1 Å². The Morgan fingerprint density at radius 2 is 1.76 bits per heavy atom. The van der Waals surface area contributed by atoms with Crippen LogP contribution in [0.5, 0.6) is 11.5 Å². The molecule has 3 rings (SSSR count). The van der Waals surface area contributed by atoms with E-state index in [4.69, 9.17) is 19.9 Å². The lowest BCUT2D eigenvalue weighted by Crippen LogP contribution is -2.36. The minimum Gasteiger partial charge on any atom is -0.493 e. The molecule has 1 aromatic heterocycles. The van der Waals surface area contributed by atoms with Crippen LogP contribution < -0.4 is 15.2 Å². The van der Waals surface area contributed by atoms with E-state index in [-0.39, 0.29) is 24.9 Å². The molecule has 3 unspecified atom stereocenters. The number of carbonyl (C=O) groups is 2. The van der Waals surface area contributed by atoms with Gasteiger partial charge in [-0.1, -0.05) is 30.3 Å². The maximum absolute atomic E-state index is 13.1. The number of benzene rings is 2. The second kappa shape index (κ2) is 11.5. The van der Waals surface area contributed by atoms with Crippen molar-refractivity contribution in [1.82, 2.24) is 0 Å². The van der Waals surface area contributed by atoms with Gasteiger partial charge >= 0.3 is 5.97 Å². The first-order chi connectivity index (χ1) is 16.2. The van der Waals surface area contributed by atoms with E-state index in [1.54, 1.807) is 44.4 Å². The Labute approximate surface area is 203 Å². The van der Waals surface area contributed by atoms with Gasteiger partial charge in [0.25, 0.3) is 0 Å². The molecule has 34 heavy (non-hydrogen) atoms. The first-order valence-electron chi connectivity index (χ1n) is 11.2. The van der Waals surface area contributed by atoms with Crippen molar-refractivity contribution in [3.63, 3.8) is 0 Å². The summed E-state index contributed by atoms with van der Waals surface area (Å²) in [7, 11) is 1.57. The van der Waals surface area contributed by atoms with Gasteiger partial charge in [-0.15, -0.1) is 11.3 Å². The fraction of sp³-hybridized carbons (Fsp3) is 0.385. The van der Waals surface area contributed by atoms with E-state index < -0.39 is 24.0 Å². The molecule has 3 aromatic rings. The van der Waals surface area contributed by atoms with Gasteiger partial charge in [-0.05, 0) is 43.9 Å². The van der Waals surface area contributed by atoms with Gasteiger partial charge < -0.3 is 25.1 Å². The molecule has 3 N–H and O–H groups in total. The van der Waals surface area contributed by atoms with Crippen molar-refractivity contribution in [2.75, 3.05) is 13.7 Å². The number of ether oxygens (including phenoxy) is 3. The number of carbonyl (C=O) groups excluding carboxylic acids is 2. The fourth-order valence-electron chi connectivity index (χ4n) is 3.58. The Hall–Kier alpha value is -2.94. The zero-order valence-corrected chi connectivity index (χ0v) is 20.6. The van der Waals surface area contributed by atoms with Gasteiger partial charge in [0.05, 0.1) is 30.6 Å². The molecule has 0 radical (unpaired) electrons. The van der Waals surface area contributed by atoms with E-state index in [1.165, 1.54) is 11.3 Å². The summed E-state index contributed by atoms with van der Waals surface area (Å²) in [5, 5.41) is 10.6. The number of esters is 1. The zero-order chi connectivity index (χ0) is 24.8. The fourth-order valence-corrected chi connectivity index (χ4v) is 4.60. The summed E-state index contributed by atoms with van der Waals surface area (Å²) in [5.74, 6) is -0.456. The summed E-state index contributed by atoms with van der Waals surface area (Å²) in [6, 6.07) is 13.8. The largest absolute Gasteiger partial charge is 0.493 e. The predicted octanol–water partition coefficient (Wildman–Crippen LogP) is 4.51. The highest BCUT2D eigenvalue weighted by molar-refractivity contribution is 7.20. The number of nitrogens with two attached hydrogens (primary N) is 1. The highest BCUT2D eigenvalue weighted by Crippen LogP contribution is 2.37. The van der Waals surface area contributed by atoms with Gasteiger partial charge in [0.15, 0.2) is 17.3 Å². The van der Waals surface area contributed by atoms with Crippen molar-refractivity contribution in [3.05, 3.63) is 59.0 Å². The molecular weight excluding hydrogens is 454 g/mol. The van der Waals surface area contributed by atoms with E-state index in [0.29, 0.717) is 21.9 Å². The molecular formula is C26H31NO6S. The lowest BCUT2D eigenvalue weighted by Gasteiger charge is -2.22. The van der Waals surface area contributed by atoms with Crippen molar-refractivity contribution in [2.24, 2.45) is 11.7 Å². The second-order valence-corrected chi connectivity index (χ2v) is 9.51. The van der Waals surface area contributed by atoms with E-state index in [2.05, 4.69) is 0 Å². The first-order valence-corrected chi connectivity index (χ1v) is 12.0. The van der Waals surface area contributed by atoms with Gasteiger partial charge in [0.2, 0.25) is 0 Å². The lowest BCUT2D eigenvalue weighted by atomic mass is 9.95. The second-order valence-electron chi connectivity index (χ2n) is 8.43. The summed E-state index contributed by atoms with van der Waals surface area (Å²) in [6.07, 6.45) is -0.938. The Kier molecular flexibility index (Phi) is 8.66. The molecule has 0 aliphatic rings. The average molecular weight is 486 g/mol. The van der Waals surface area contributed by atoms with Crippen molar-refractivity contribution in [1.29, 1.82) is 0 Å². The van der Waals surface area contributed by atoms with Gasteiger partial charge in [-0.25, -0.2) is 0 Å². The van der Waals surface area contributed by atoms with Crippen LogP contribution in [-0.4, -0.2) is 42.7 Å². The van der Waals surface area contributed by atoms with E-state index in [1.807, 2.05) is 32.0 Å². The molecule has 8 heteroatoms. The molecule has 0 aliphatic carbocycles. The number of hydrogen-bond acceptors (Lipinski definition) is 8. The van der Waals surface area contributed by atoms with Crippen LogP contribution in [0.4, 0.5) is 0 Å². The molecule has 3 atom stereocenters. The Balaban J connectivity index is 1.79. The van der Waals surface area contributed by atoms with Crippen LogP contribution in [0.15, 0.2) is 48.5 Å². The molecule has 0 amide bonds. The molecule has 0 aliphatic heterocycles. The third-order valence-electron chi connectivity index (χ3n) is 5.38. The molecule has 2 aromatic carbocycles. The maximum atomic E-state index is 13.1. The van der Waals surface area contributed by atoms with Crippen LogP contribution in [-0.2, 0) is 9.53 Å². The summed E-state index contributed by atoms with van der Waals surface area (Å²) in [4.78, 5) is 26.5. The predicted molar refractivity (Wildman–Crippen MR) is 133 cm³/mol. The number of Topliss-reactive ketones (excluding diaryl/α,β-unsaturated/α-hetero) is 1. The standard InChI is InChI=1S/C26H31NO6S/c1-15(2)32-22-10-18-11-25(34-24(18)13-21(22)31-4)20(29)12-19(16(3)27)26(30)33-23(14-28)17-8-6-5-7-9-17/h5-11,13,15-16,19,23,28H,12,14,27H2,1-4H3. The number of ketones is 1. The van der Waals surface area contributed by atoms with E-state index >= 15 is 0 Å². The molecule has 7 nitrogen and oxygen atoms in total. The zero-order valence-electron chi connectivity index (χ0n) is 19.8. The van der Waals surface area contributed by atoms with Gasteiger partial charge in [-0.3, -0.25) is 9.59 Å². The lowest BCUT2D eigenvalue weighted by molar-refractivity contribution is -0.157. The third-order valence-corrected chi connectivity index (χ3v) is 6.52. The van der Waals surface area contributed by atoms with Crippen LogP contribution in [0.3, 0.4) is 0 Å². The molecule has 0 saturated carbocycles. The molecule has 0 bridgehead atoms. The summed E-state index contributed by atoms with van der Waals surface area (Å²) in [5.41, 5.74) is 6.73. The van der Waals surface area contributed by atoms with Gasteiger partial charge in [0.1, 0.15) is 6.10 Å². The Morgan fingerprint density at radius 1 is 1.06 bits per heavy atom. The van der Waals surface area contributed by atoms with Crippen LogP contribution in [0.1, 0.15) is 48.5 Å².